The van der Waals surface area contributed by atoms with Gasteiger partial charge in [-0.2, -0.15) is 4.31 Å². The van der Waals surface area contributed by atoms with Crippen LogP contribution in [0.25, 0.3) is 0 Å². The fourth-order valence-corrected chi connectivity index (χ4v) is 5.46. The van der Waals surface area contributed by atoms with Crippen LogP contribution >= 0.6 is 0 Å². The molecule has 6 nitrogen and oxygen atoms in total. The first-order chi connectivity index (χ1) is 14.4. The van der Waals surface area contributed by atoms with Crippen LogP contribution in [0, 0.1) is 0 Å². The lowest BCUT2D eigenvalue weighted by molar-refractivity contribution is -0.119. The minimum atomic E-state index is -3.81. The molecule has 30 heavy (non-hydrogen) atoms. The largest absolute Gasteiger partial charge is 0.494 e. The molecular formula is C23H30N2O4S. The molecule has 0 radical (unpaired) electrons. The molecule has 1 aliphatic carbocycles. The molecule has 0 heterocycles. The molecule has 3 rings (SSSR count). The van der Waals surface area contributed by atoms with E-state index in [1.165, 1.54) is 9.21 Å². The third-order valence-corrected chi connectivity index (χ3v) is 7.44. The molecule has 0 N–H and O–H groups in total. The lowest BCUT2D eigenvalue weighted by Crippen LogP contribution is -2.47. The number of para-hydroxylation sites is 1. The van der Waals surface area contributed by atoms with E-state index in [-0.39, 0.29) is 23.4 Å². The summed E-state index contributed by atoms with van der Waals surface area (Å²) < 4.78 is 33.9. The van der Waals surface area contributed by atoms with Gasteiger partial charge in [-0.05, 0) is 56.2 Å². The summed E-state index contributed by atoms with van der Waals surface area (Å²) in [4.78, 5) is 14.7. The van der Waals surface area contributed by atoms with Gasteiger partial charge in [-0.15, -0.1) is 0 Å². The van der Waals surface area contributed by atoms with Gasteiger partial charge in [-0.1, -0.05) is 37.5 Å². The molecule has 0 saturated heterocycles. The highest BCUT2D eigenvalue weighted by atomic mass is 32.2. The minimum Gasteiger partial charge on any atom is -0.494 e. The summed E-state index contributed by atoms with van der Waals surface area (Å²) in [6.45, 7) is 2.22. The number of likely N-dealkylation sites (N-methyl/N-ethyl adjacent to an activating group) is 1. The molecule has 1 fully saturated rings. The van der Waals surface area contributed by atoms with E-state index in [0.717, 1.165) is 37.8 Å². The molecule has 2 aromatic carbocycles. The van der Waals surface area contributed by atoms with Crippen molar-refractivity contribution in [3.63, 3.8) is 0 Å². The summed E-state index contributed by atoms with van der Waals surface area (Å²) in [5, 5.41) is 0. The Labute approximate surface area is 179 Å². The molecule has 1 aliphatic rings. The molecule has 7 heteroatoms. The van der Waals surface area contributed by atoms with E-state index in [2.05, 4.69) is 0 Å². The molecule has 162 valence electrons. The number of anilines is 1. The highest BCUT2D eigenvalue weighted by Crippen LogP contribution is 2.29. The van der Waals surface area contributed by atoms with Gasteiger partial charge in [0.2, 0.25) is 15.9 Å². The van der Waals surface area contributed by atoms with E-state index >= 15 is 0 Å². The Kier molecular flexibility index (Phi) is 7.50. The summed E-state index contributed by atoms with van der Waals surface area (Å²) in [5.74, 6) is 0.377. The molecule has 0 spiro atoms. The van der Waals surface area contributed by atoms with E-state index in [0.29, 0.717) is 12.4 Å². The van der Waals surface area contributed by atoms with Crippen LogP contribution in [0.4, 0.5) is 5.69 Å². The summed E-state index contributed by atoms with van der Waals surface area (Å²) in [6, 6.07) is 15.5. The van der Waals surface area contributed by atoms with Crippen LogP contribution in [-0.2, 0) is 14.8 Å². The predicted octanol–water partition coefficient (Wildman–Crippen LogP) is 4.07. The van der Waals surface area contributed by atoms with Gasteiger partial charge in [0, 0.05) is 18.8 Å². The van der Waals surface area contributed by atoms with Gasteiger partial charge in [0.1, 0.15) is 5.75 Å². The maximum atomic E-state index is 13.5. The maximum Gasteiger partial charge on any atom is 0.243 e. The minimum absolute atomic E-state index is 0.163. The molecular weight excluding hydrogens is 400 g/mol. The number of sulfonamides is 1. The Hall–Kier alpha value is -2.38. The standard InChI is InChI=1S/C23H30N2O4S/c1-3-29-21-14-16-22(17-15-21)30(27,28)25(20-12-8-5-9-13-20)18-23(26)24(2)19-10-6-4-7-11-19/h4,6-7,10-11,14-17,20H,3,5,8-9,12-13,18H2,1-2H3. The average molecular weight is 431 g/mol. The van der Waals surface area contributed by atoms with E-state index in [1.54, 1.807) is 31.3 Å². The highest BCUT2D eigenvalue weighted by Gasteiger charge is 2.34. The second kappa shape index (κ2) is 10.1. The van der Waals surface area contributed by atoms with Crippen molar-refractivity contribution in [2.24, 2.45) is 0 Å². The van der Waals surface area contributed by atoms with E-state index < -0.39 is 10.0 Å². The smallest absolute Gasteiger partial charge is 0.243 e. The van der Waals surface area contributed by atoms with Crippen molar-refractivity contribution in [1.82, 2.24) is 4.31 Å². The van der Waals surface area contributed by atoms with Gasteiger partial charge in [0.15, 0.2) is 0 Å². The summed E-state index contributed by atoms with van der Waals surface area (Å²) in [5.41, 5.74) is 0.740. The van der Waals surface area contributed by atoms with Crippen molar-refractivity contribution in [3.05, 3.63) is 54.6 Å². The van der Waals surface area contributed by atoms with Gasteiger partial charge < -0.3 is 9.64 Å². The monoisotopic (exact) mass is 430 g/mol. The first-order valence-corrected chi connectivity index (χ1v) is 11.9. The second-order valence-electron chi connectivity index (χ2n) is 7.53. The van der Waals surface area contributed by atoms with Crippen LogP contribution in [-0.4, -0.2) is 44.9 Å². The van der Waals surface area contributed by atoms with Crippen LogP contribution < -0.4 is 9.64 Å². The molecule has 0 aliphatic heterocycles. The van der Waals surface area contributed by atoms with Crippen molar-refractivity contribution >= 4 is 21.6 Å². The summed E-state index contributed by atoms with van der Waals surface area (Å²) in [6.07, 6.45) is 4.61. The number of hydrogen-bond donors (Lipinski definition) is 0. The Balaban J connectivity index is 1.87. The lowest BCUT2D eigenvalue weighted by atomic mass is 9.95. The molecule has 0 atom stereocenters. The van der Waals surface area contributed by atoms with Crippen LogP contribution in [0.3, 0.4) is 0 Å². The quantitative estimate of drug-likeness (QED) is 0.633. The molecule has 0 bridgehead atoms. The Morgan fingerprint density at radius 1 is 1.00 bits per heavy atom. The molecule has 1 amide bonds. The third kappa shape index (κ3) is 5.21. The topological polar surface area (TPSA) is 66.9 Å². The van der Waals surface area contributed by atoms with Crippen molar-refractivity contribution in [2.75, 3.05) is 25.1 Å². The van der Waals surface area contributed by atoms with Crippen LogP contribution in [0.2, 0.25) is 0 Å². The zero-order chi connectivity index (χ0) is 21.6. The van der Waals surface area contributed by atoms with Gasteiger partial charge in [-0.3, -0.25) is 4.79 Å². The maximum absolute atomic E-state index is 13.5. The van der Waals surface area contributed by atoms with Gasteiger partial charge in [-0.25, -0.2) is 8.42 Å². The van der Waals surface area contributed by atoms with E-state index in [9.17, 15) is 13.2 Å². The number of amides is 1. The Bertz CT molecular complexity index is 923. The first-order valence-electron chi connectivity index (χ1n) is 10.5. The van der Waals surface area contributed by atoms with Gasteiger partial charge in [0.25, 0.3) is 0 Å². The van der Waals surface area contributed by atoms with Crippen molar-refractivity contribution in [1.29, 1.82) is 0 Å². The normalized spacial score (nSPS) is 15.2. The van der Waals surface area contributed by atoms with Crippen molar-refractivity contribution in [2.45, 2.75) is 50.0 Å². The average Bonchev–Trinajstić information content (AvgIpc) is 2.78. The van der Waals surface area contributed by atoms with Crippen molar-refractivity contribution in [3.8, 4) is 5.75 Å². The fraction of sp³-hybridized carbons (Fsp3) is 0.435. The number of carbonyl (C=O) groups is 1. The van der Waals surface area contributed by atoms with Crippen LogP contribution in [0.5, 0.6) is 5.75 Å². The molecule has 0 unspecified atom stereocenters. The molecule has 2 aromatic rings. The van der Waals surface area contributed by atoms with E-state index in [4.69, 9.17) is 4.74 Å². The number of rotatable bonds is 8. The van der Waals surface area contributed by atoms with Gasteiger partial charge >= 0.3 is 0 Å². The fourth-order valence-electron chi connectivity index (χ4n) is 3.82. The van der Waals surface area contributed by atoms with E-state index in [1.807, 2.05) is 37.3 Å². The Morgan fingerprint density at radius 3 is 2.23 bits per heavy atom. The second-order valence-corrected chi connectivity index (χ2v) is 9.43. The van der Waals surface area contributed by atoms with Gasteiger partial charge in [0.05, 0.1) is 18.0 Å². The number of ether oxygens (including phenoxy) is 1. The zero-order valence-corrected chi connectivity index (χ0v) is 18.5. The van der Waals surface area contributed by atoms with Crippen LogP contribution in [0.15, 0.2) is 59.5 Å². The van der Waals surface area contributed by atoms with Crippen LogP contribution in [0.1, 0.15) is 39.0 Å². The summed E-state index contributed by atoms with van der Waals surface area (Å²) in [7, 11) is -2.13. The Morgan fingerprint density at radius 2 is 1.63 bits per heavy atom. The first kappa shape index (κ1) is 22.3. The van der Waals surface area contributed by atoms with Crippen molar-refractivity contribution < 1.29 is 17.9 Å². The number of hydrogen-bond acceptors (Lipinski definition) is 4. The highest BCUT2D eigenvalue weighted by molar-refractivity contribution is 7.89. The zero-order valence-electron chi connectivity index (χ0n) is 17.7. The summed E-state index contributed by atoms with van der Waals surface area (Å²) >= 11 is 0. The number of benzene rings is 2. The molecule has 1 saturated carbocycles. The number of carbonyl (C=O) groups excluding carboxylic acids is 1. The number of nitrogens with zero attached hydrogens (tertiary/aromatic N) is 2. The third-order valence-electron chi connectivity index (χ3n) is 5.53. The predicted molar refractivity (Wildman–Crippen MR) is 118 cm³/mol. The SMILES string of the molecule is CCOc1ccc(S(=O)(=O)N(CC(=O)N(C)c2ccccc2)C2CCCCC2)cc1. The lowest BCUT2D eigenvalue weighted by Gasteiger charge is -2.34. The molecule has 0 aromatic heterocycles.